The van der Waals surface area contributed by atoms with Gasteiger partial charge in [-0.2, -0.15) is 0 Å². The minimum absolute atomic E-state index is 0.00676. The van der Waals surface area contributed by atoms with Gasteiger partial charge in [-0.3, -0.25) is 14.7 Å². The van der Waals surface area contributed by atoms with Crippen LogP contribution in [0.25, 0.3) is 11.1 Å². The van der Waals surface area contributed by atoms with Crippen molar-refractivity contribution in [2.45, 2.75) is 26.8 Å². The highest BCUT2D eigenvalue weighted by molar-refractivity contribution is 5.77. The zero-order valence-electron chi connectivity index (χ0n) is 9.76. The molecule has 2 aromatic rings. The quantitative estimate of drug-likeness (QED) is 0.592. The Morgan fingerprint density at radius 2 is 2.06 bits per heavy atom. The van der Waals surface area contributed by atoms with Gasteiger partial charge in [0.25, 0.3) is 5.69 Å². The predicted molar refractivity (Wildman–Crippen MR) is 62.3 cm³/mol. The van der Waals surface area contributed by atoms with Crippen molar-refractivity contribution >= 4 is 16.8 Å². The van der Waals surface area contributed by atoms with Gasteiger partial charge in [-0.1, -0.05) is 0 Å². The molecule has 0 atom stereocenters. The van der Waals surface area contributed by atoms with E-state index in [4.69, 9.17) is 4.42 Å². The molecule has 0 spiro atoms. The highest BCUT2D eigenvalue weighted by Gasteiger charge is 2.18. The van der Waals surface area contributed by atoms with Crippen LogP contribution in [0.4, 0.5) is 5.69 Å². The average molecular weight is 236 g/mol. The Morgan fingerprint density at radius 3 is 2.59 bits per heavy atom. The van der Waals surface area contributed by atoms with E-state index in [-0.39, 0.29) is 11.7 Å². The van der Waals surface area contributed by atoms with E-state index in [0.717, 1.165) is 0 Å². The molecule has 0 aliphatic carbocycles. The molecule has 1 aromatic carbocycles. The molecule has 17 heavy (non-hydrogen) atoms. The van der Waals surface area contributed by atoms with Gasteiger partial charge in [-0.25, -0.2) is 4.79 Å². The average Bonchev–Trinajstić information content (AvgIpc) is 2.51. The smallest absolute Gasteiger partial charge is 0.408 e. The van der Waals surface area contributed by atoms with E-state index in [1.165, 1.54) is 16.7 Å². The molecule has 0 radical (unpaired) electrons. The number of benzene rings is 1. The van der Waals surface area contributed by atoms with Crippen LogP contribution in [0.5, 0.6) is 0 Å². The largest absolute Gasteiger partial charge is 0.420 e. The van der Waals surface area contributed by atoms with Crippen molar-refractivity contribution in [1.29, 1.82) is 0 Å². The summed E-state index contributed by atoms with van der Waals surface area (Å²) in [5.41, 5.74) is 1.31. The number of hydrogen-bond donors (Lipinski definition) is 0. The van der Waals surface area contributed by atoms with Crippen LogP contribution in [0.1, 0.15) is 25.5 Å². The SMILES string of the molecule is Cc1cc2oc(=O)n(C(C)C)c2cc1[N+](=O)[O-]. The molecular formula is C11H12N2O4. The number of aromatic nitrogens is 1. The highest BCUT2D eigenvalue weighted by atomic mass is 16.6. The highest BCUT2D eigenvalue weighted by Crippen LogP contribution is 2.26. The van der Waals surface area contributed by atoms with E-state index in [0.29, 0.717) is 16.7 Å². The number of aryl methyl sites for hydroxylation is 1. The van der Waals surface area contributed by atoms with Gasteiger partial charge in [0.15, 0.2) is 5.58 Å². The van der Waals surface area contributed by atoms with Crippen molar-refractivity contribution < 1.29 is 9.34 Å². The van der Waals surface area contributed by atoms with Crippen molar-refractivity contribution in [3.05, 3.63) is 38.4 Å². The first kappa shape index (κ1) is 11.4. The molecule has 0 amide bonds. The standard InChI is InChI=1S/C11H12N2O4/c1-6(2)12-9-5-8(13(15)16)7(3)4-10(9)17-11(12)14/h4-6H,1-3H3. The summed E-state index contributed by atoms with van der Waals surface area (Å²) >= 11 is 0. The van der Waals surface area contributed by atoms with E-state index in [9.17, 15) is 14.9 Å². The fourth-order valence-corrected chi connectivity index (χ4v) is 1.86. The fourth-order valence-electron chi connectivity index (χ4n) is 1.86. The molecule has 0 saturated carbocycles. The van der Waals surface area contributed by atoms with Crippen LogP contribution in [-0.4, -0.2) is 9.49 Å². The van der Waals surface area contributed by atoms with Gasteiger partial charge < -0.3 is 4.42 Å². The number of hydrogen-bond acceptors (Lipinski definition) is 4. The fraction of sp³-hybridized carbons (Fsp3) is 0.364. The van der Waals surface area contributed by atoms with E-state index in [1.54, 1.807) is 6.92 Å². The normalized spacial score (nSPS) is 11.3. The Labute approximate surface area is 96.6 Å². The molecule has 1 aromatic heterocycles. The first-order valence-electron chi connectivity index (χ1n) is 5.22. The molecule has 90 valence electrons. The lowest BCUT2D eigenvalue weighted by atomic mass is 10.2. The maximum Gasteiger partial charge on any atom is 0.420 e. The van der Waals surface area contributed by atoms with Crippen LogP contribution >= 0.6 is 0 Å². The van der Waals surface area contributed by atoms with Crippen molar-refractivity contribution in [3.8, 4) is 0 Å². The molecule has 0 aliphatic rings. The lowest BCUT2D eigenvalue weighted by Gasteiger charge is -2.05. The molecule has 2 rings (SSSR count). The Morgan fingerprint density at radius 1 is 1.41 bits per heavy atom. The van der Waals surface area contributed by atoms with Gasteiger partial charge >= 0.3 is 5.76 Å². The monoisotopic (exact) mass is 236 g/mol. The van der Waals surface area contributed by atoms with Crippen LogP contribution < -0.4 is 5.76 Å². The minimum Gasteiger partial charge on any atom is -0.408 e. The van der Waals surface area contributed by atoms with Crippen molar-refractivity contribution in [1.82, 2.24) is 4.57 Å². The Hall–Kier alpha value is -2.11. The number of fused-ring (bicyclic) bond motifs is 1. The third kappa shape index (κ3) is 1.71. The lowest BCUT2D eigenvalue weighted by Crippen LogP contribution is -2.15. The van der Waals surface area contributed by atoms with Gasteiger partial charge in [-0.15, -0.1) is 0 Å². The van der Waals surface area contributed by atoms with Gasteiger partial charge in [0.2, 0.25) is 0 Å². The molecule has 0 aliphatic heterocycles. The molecule has 0 fully saturated rings. The third-order valence-electron chi connectivity index (χ3n) is 2.64. The van der Waals surface area contributed by atoms with Crippen molar-refractivity contribution in [2.75, 3.05) is 0 Å². The van der Waals surface area contributed by atoms with Gasteiger partial charge in [0.05, 0.1) is 10.4 Å². The summed E-state index contributed by atoms with van der Waals surface area (Å²) in [6.45, 7) is 5.26. The van der Waals surface area contributed by atoms with Crippen LogP contribution in [-0.2, 0) is 0 Å². The second-order valence-electron chi connectivity index (χ2n) is 4.20. The molecule has 0 unspecified atom stereocenters. The third-order valence-corrected chi connectivity index (χ3v) is 2.64. The Bertz CT molecular complexity index is 651. The maximum absolute atomic E-state index is 11.6. The summed E-state index contributed by atoms with van der Waals surface area (Å²) in [4.78, 5) is 22.0. The van der Waals surface area contributed by atoms with Gasteiger partial charge in [0.1, 0.15) is 0 Å². The zero-order valence-corrected chi connectivity index (χ0v) is 9.76. The topological polar surface area (TPSA) is 78.3 Å². The first-order valence-corrected chi connectivity index (χ1v) is 5.22. The van der Waals surface area contributed by atoms with Crippen LogP contribution in [0.2, 0.25) is 0 Å². The molecule has 6 nitrogen and oxygen atoms in total. The number of rotatable bonds is 2. The molecule has 1 heterocycles. The lowest BCUT2D eigenvalue weighted by molar-refractivity contribution is -0.385. The van der Waals surface area contributed by atoms with E-state index in [1.807, 2.05) is 13.8 Å². The summed E-state index contributed by atoms with van der Waals surface area (Å²) in [5, 5.41) is 10.8. The minimum atomic E-state index is -0.491. The molecule has 0 N–H and O–H groups in total. The second-order valence-corrected chi connectivity index (χ2v) is 4.20. The molecular weight excluding hydrogens is 224 g/mol. The van der Waals surface area contributed by atoms with Crippen molar-refractivity contribution in [3.63, 3.8) is 0 Å². The van der Waals surface area contributed by atoms with Crippen molar-refractivity contribution in [2.24, 2.45) is 0 Å². The van der Waals surface area contributed by atoms with E-state index >= 15 is 0 Å². The molecule has 0 saturated heterocycles. The summed E-state index contributed by atoms with van der Waals surface area (Å²) in [6.07, 6.45) is 0. The first-order chi connectivity index (χ1) is 7.91. The Balaban J connectivity index is 2.86. The molecule has 6 heteroatoms. The van der Waals surface area contributed by atoms with Crippen LogP contribution in [0, 0.1) is 17.0 Å². The summed E-state index contributed by atoms with van der Waals surface area (Å²) in [5.74, 6) is -0.491. The van der Waals surface area contributed by atoms with Gasteiger partial charge in [0, 0.05) is 17.7 Å². The molecule has 0 bridgehead atoms. The zero-order chi connectivity index (χ0) is 12.7. The second kappa shape index (κ2) is 3.73. The van der Waals surface area contributed by atoms with E-state index in [2.05, 4.69) is 0 Å². The van der Waals surface area contributed by atoms with Crippen LogP contribution in [0.15, 0.2) is 21.3 Å². The predicted octanol–water partition coefficient (Wildman–Crippen LogP) is 2.39. The summed E-state index contributed by atoms with van der Waals surface area (Å²) in [6, 6.07) is 2.80. The van der Waals surface area contributed by atoms with Crippen LogP contribution in [0.3, 0.4) is 0 Å². The summed E-state index contributed by atoms with van der Waals surface area (Å²) in [7, 11) is 0. The number of nitrogens with zero attached hydrogens (tertiary/aromatic N) is 2. The van der Waals surface area contributed by atoms with Gasteiger partial charge in [-0.05, 0) is 26.8 Å². The number of oxazole rings is 1. The van der Waals surface area contributed by atoms with E-state index < -0.39 is 10.7 Å². The number of nitro groups is 1. The Kier molecular flexibility index (Phi) is 2.49. The summed E-state index contributed by atoms with van der Waals surface area (Å²) < 4.78 is 6.47. The maximum atomic E-state index is 11.6. The number of nitro benzene ring substituents is 1.